The highest BCUT2D eigenvalue weighted by atomic mass is 16.6. The zero-order valence-electron chi connectivity index (χ0n) is 26.5. The van der Waals surface area contributed by atoms with Gasteiger partial charge in [-0.2, -0.15) is 0 Å². The monoisotopic (exact) mass is 588 g/mol. The van der Waals surface area contributed by atoms with E-state index in [9.17, 15) is 9.59 Å². The summed E-state index contributed by atoms with van der Waals surface area (Å²) in [7, 11) is 0. The van der Waals surface area contributed by atoms with Gasteiger partial charge in [0.1, 0.15) is 17.7 Å². The molecular weight excluding hydrogens is 540 g/mol. The largest absolute Gasteiger partial charge is 0.494 e. The fraction of sp³-hybridized carbons (Fsp3) is 0.556. The lowest BCUT2D eigenvalue weighted by Gasteiger charge is -2.22. The summed E-state index contributed by atoms with van der Waals surface area (Å²) >= 11 is 0. The molecule has 232 valence electrons. The van der Waals surface area contributed by atoms with Crippen molar-refractivity contribution in [1.29, 1.82) is 0 Å². The number of aromatic nitrogens is 2. The zero-order valence-corrected chi connectivity index (χ0v) is 26.5. The number of unbranched alkanes of at least 4 members (excludes halogenated alkanes) is 6. The van der Waals surface area contributed by atoms with E-state index in [1.807, 2.05) is 58.0 Å². The van der Waals surface area contributed by atoms with Gasteiger partial charge in [0, 0.05) is 23.4 Å². The molecule has 0 amide bonds. The van der Waals surface area contributed by atoms with E-state index >= 15 is 0 Å². The minimum absolute atomic E-state index is 0.0848. The summed E-state index contributed by atoms with van der Waals surface area (Å²) in [6.07, 6.45) is 14.3. The van der Waals surface area contributed by atoms with Crippen molar-refractivity contribution in [2.45, 2.75) is 116 Å². The van der Waals surface area contributed by atoms with Crippen LogP contribution in [0.5, 0.6) is 5.75 Å². The average molecular weight is 589 g/mol. The van der Waals surface area contributed by atoms with E-state index < -0.39 is 5.60 Å². The first kappa shape index (κ1) is 32.4. The molecule has 0 radical (unpaired) electrons. The third kappa shape index (κ3) is 9.77. The van der Waals surface area contributed by atoms with Crippen molar-refractivity contribution >= 4 is 22.8 Å². The van der Waals surface area contributed by atoms with E-state index in [0.29, 0.717) is 31.1 Å². The van der Waals surface area contributed by atoms with Crippen molar-refractivity contribution < 1.29 is 23.8 Å². The Bertz CT molecular complexity index is 1360. The van der Waals surface area contributed by atoms with Gasteiger partial charge in [0.05, 0.1) is 30.0 Å². The van der Waals surface area contributed by atoms with E-state index in [-0.39, 0.29) is 11.9 Å². The van der Waals surface area contributed by atoms with E-state index in [0.717, 1.165) is 78.4 Å². The molecule has 0 aliphatic heterocycles. The van der Waals surface area contributed by atoms with Gasteiger partial charge in [-0.25, -0.2) is 14.8 Å². The van der Waals surface area contributed by atoms with Crippen molar-refractivity contribution in [3.63, 3.8) is 0 Å². The summed E-state index contributed by atoms with van der Waals surface area (Å²) < 4.78 is 16.8. The molecule has 1 aromatic heterocycles. The predicted molar refractivity (Wildman–Crippen MR) is 170 cm³/mol. The highest BCUT2D eigenvalue weighted by Gasteiger charge is 2.26. The summed E-state index contributed by atoms with van der Waals surface area (Å²) in [5.74, 6) is 0.815. The van der Waals surface area contributed by atoms with Gasteiger partial charge in [-0.1, -0.05) is 51.0 Å². The van der Waals surface area contributed by atoms with Gasteiger partial charge >= 0.3 is 11.9 Å². The molecule has 1 aliphatic carbocycles. The Labute approximate surface area is 256 Å². The smallest absolute Gasteiger partial charge is 0.338 e. The molecule has 0 N–H and O–H groups in total. The number of benzene rings is 2. The molecule has 0 spiro atoms. The third-order valence-electron chi connectivity index (χ3n) is 7.95. The number of carbonyl (C=O) groups is 2. The second-order valence-corrected chi connectivity index (χ2v) is 12.6. The molecule has 0 unspecified atom stereocenters. The minimum Gasteiger partial charge on any atom is -0.494 e. The van der Waals surface area contributed by atoms with Crippen molar-refractivity contribution in [3.05, 3.63) is 53.9 Å². The van der Waals surface area contributed by atoms with E-state index in [1.165, 1.54) is 25.7 Å². The summed E-state index contributed by atoms with van der Waals surface area (Å²) in [6.45, 7) is 8.68. The first-order valence-electron chi connectivity index (χ1n) is 16.2. The SMILES string of the molecule is CCOC(=O)CCCCCCCCCOc1ccc2c(-c3ccc(C(=O)OC(C)(C)C)c(C4CCCC4)c3)ncnc2c1. The molecule has 7 heteroatoms. The Hall–Kier alpha value is -3.48. The lowest BCUT2D eigenvalue weighted by atomic mass is 9.90. The van der Waals surface area contributed by atoms with Crippen molar-refractivity contribution in [3.8, 4) is 17.0 Å². The van der Waals surface area contributed by atoms with E-state index in [1.54, 1.807) is 6.33 Å². The Morgan fingerprint density at radius 2 is 1.60 bits per heavy atom. The lowest BCUT2D eigenvalue weighted by Crippen LogP contribution is -2.24. The number of nitrogens with zero attached hydrogens (tertiary/aromatic N) is 2. The fourth-order valence-corrected chi connectivity index (χ4v) is 5.84. The van der Waals surface area contributed by atoms with Gasteiger partial charge < -0.3 is 14.2 Å². The first-order chi connectivity index (χ1) is 20.7. The molecule has 1 fully saturated rings. The molecule has 0 atom stereocenters. The van der Waals surface area contributed by atoms with Crippen LogP contribution in [-0.2, 0) is 14.3 Å². The van der Waals surface area contributed by atoms with Crippen LogP contribution in [0.2, 0.25) is 0 Å². The maximum Gasteiger partial charge on any atom is 0.338 e. The molecule has 0 bridgehead atoms. The minimum atomic E-state index is -0.543. The topological polar surface area (TPSA) is 87.6 Å². The van der Waals surface area contributed by atoms with Crippen molar-refractivity contribution in [2.75, 3.05) is 13.2 Å². The number of esters is 2. The number of fused-ring (bicyclic) bond motifs is 1. The highest BCUT2D eigenvalue weighted by Crippen LogP contribution is 2.39. The second-order valence-electron chi connectivity index (χ2n) is 12.6. The average Bonchev–Trinajstić information content (AvgIpc) is 3.52. The van der Waals surface area contributed by atoms with Crippen LogP contribution in [0, 0.1) is 0 Å². The molecule has 3 aromatic rings. The Kier molecular flexibility index (Phi) is 11.9. The van der Waals surface area contributed by atoms with Crippen LogP contribution >= 0.6 is 0 Å². The van der Waals surface area contributed by atoms with Crippen LogP contribution in [0.4, 0.5) is 0 Å². The number of carbonyl (C=O) groups excluding carboxylic acids is 2. The van der Waals surface area contributed by atoms with Gasteiger partial charge in [0.15, 0.2) is 0 Å². The zero-order chi connectivity index (χ0) is 30.7. The maximum absolute atomic E-state index is 13.1. The normalized spacial score (nSPS) is 13.8. The van der Waals surface area contributed by atoms with Crippen LogP contribution in [0.3, 0.4) is 0 Å². The Morgan fingerprint density at radius 3 is 2.33 bits per heavy atom. The third-order valence-corrected chi connectivity index (χ3v) is 7.95. The summed E-state index contributed by atoms with van der Waals surface area (Å²) in [5, 5.41) is 0.959. The summed E-state index contributed by atoms with van der Waals surface area (Å²) in [6, 6.07) is 12.0. The van der Waals surface area contributed by atoms with Gasteiger partial charge in [0.25, 0.3) is 0 Å². The van der Waals surface area contributed by atoms with E-state index in [4.69, 9.17) is 14.2 Å². The number of rotatable bonds is 15. The maximum atomic E-state index is 13.1. The van der Waals surface area contributed by atoms with Gasteiger partial charge in [-0.3, -0.25) is 4.79 Å². The standard InChI is InChI=1S/C36H48N2O5/c1-5-41-33(39)17-11-9-7-6-8-10-14-22-42-28-19-21-30-32(24-28)37-25-38-34(30)27-18-20-29(35(40)43-36(2,3)4)31(23-27)26-15-12-13-16-26/h18-21,23-26H,5-17,22H2,1-4H3. The first-order valence-corrected chi connectivity index (χ1v) is 16.2. The van der Waals surface area contributed by atoms with Crippen LogP contribution in [0.15, 0.2) is 42.7 Å². The van der Waals surface area contributed by atoms with Crippen molar-refractivity contribution in [1.82, 2.24) is 9.97 Å². The Balaban J connectivity index is 1.34. The quantitative estimate of drug-likeness (QED) is 0.129. The van der Waals surface area contributed by atoms with Gasteiger partial charge in [-0.15, -0.1) is 0 Å². The highest BCUT2D eigenvalue weighted by molar-refractivity contribution is 5.95. The molecule has 2 aromatic carbocycles. The summed E-state index contributed by atoms with van der Waals surface area (Å²) in [5.41, 5.74) is 3.86. The second kappa shape index (κ2) is 15.8. The molecule has 1 heterocycles. The predicted octanol–water partition coefficient (Wildman–Crippen LogP) is 8.97. The fourth-order valence-electron chi connectivity index (χ4n) is 5.84. The van der Waals surface area contributed by atoms with Gasteiger partial charge in [-0.05, 0) is 89.1 Å². The van der Waals surface area contributed by atoms with Gasteiger partial charge in [0.2, 0.25) is 0 Å². The number of ether oxygens (including phenoxy) is 3. The number of hydrogen-bond acceptors (Lipinski definition) is 7. The molecule has 43 heavy (non-hydrogen) atoms. The van der Waals surface area contributed by atoms with Crippen LogP contribution in [0.1, 0.15) is 127 Å². The van der Waals surface area contributed by atoms with Crippen LogP contribution in [-0.4, -0.2) is 40.7 Å². The lowest BCUT2D eigenvalue weighted by molar-refractivity contribution is -0.143. The molecular formula is C36H48N2O5. The van der Waals surface area contributed by atoms with E-state index in [2.05, 4.69) is 16.0 Å². The van der Waals surface area contributed by atoms with Crippen molar-refractivity contribution in [2.24, 2.45) is 0 Å². The molecule has 4 rings (SSSR count). The Morgan fingerprint density at radius 1 is 0.884 bits per heavy atom. The molecule has 7 nitrogen and oxygen atoms in total. The number of hydrogen-bond donors (Lipinski definition) is 0. The van der Waals surface area contributed by atoms with Crippen LogP contribution < -0.4 is 4.74 Å². The molecule has 1 aliphatic rings. The molecule has 1 saturated carbocycles. The molecule has 0 saturated heterocycles. The summed E-state index contributed by atoms with van der Waals surface area (Å²) in [4.78, 5) is 33.7. The van der Waals surface area contributed by atoms with Crippen LogP contribution in [0.25, 0.3) is 22.2 Å².